The minimum atomic E-state index is -0.148. The van der Waals surface area contributed by atoms with Crippen LogP contribution in [-0.4, -0.2) is 35.1 Å². The van der Waals surface area contributed by atoms with E-state index in [4.69, 9.17) is 5.11 Å². The normalized spacial score (nSPS) is 10.0. The molecule has 1 aromatic rings. The average Bonchev–Trinajstić information content (AvgIpc) is 2.19. The van der Waals surface area contributed by atoms with Crippen molar-refractivity contribution in [2.24, 2.45) is 0 Å². The van der Waals surface area contributed by atoms with Crippen LogP contribution in [0, 0.1) is 0 Å². The van der Waals surface area contributed by atoms with Crippen LogP contribution in [-0.2, 0) is 11.2 Å². The molecule has 0 bridgehead atoms. The van der Waals surface area contributed by atoms with E-state index in [1.165, 1.54) is 17.0 Å². The van der Waals surface area contributed by atoms with Crippen LogP contribution in [0.15, 0.2) is 18.2 Å². The lowest BCUT2D eigenvalue weighted by Gasteiger charge is -2.09. The van der Waals surface area contributed by atoms with Crippen LogP contribution < -0.4 is 0 Å². The molecule has 0 saturated carbocycles. The van der Waals surface area contributed by atoms with Crippen LogP contribution in [0.3, 0.4) is 0 Å². The van der Waals surface area contributed by atoms with Gasteiger partial charge in [-0.1, -0.05) is 6.07 Å². The number of amides is 1. The van der Waals surface area contributed by atoms with E-state index in [1.807, 2.05) is 0 Å². The molecule has 0 unspecified atom stereocenters. The first-order valence-electron chi connectivity index (χ1n) is 4.71. The summed E-state index contributed by atoms with van der Waals surface area (Å²) in [4.78, 5) is 12.8. The highest BCUT2D eigenvalue weighted by Crippen LogP contribution is 2.25. The Morgan fingerprint density at radius 2 is 1.93 bits per heavy atom. The van der Waals surface area contributed by atoms with Gasteiger partial charge >= 0.3 is 0 Å². The smallest absolute Gasteiger partial charge is 0.222 e. The second-order valence-electron chi connectivity index (χ2n) is 3.61. The number of aryl methyl sites for hydroxylation is 1. The zero-order valence-electron chi connectivity index (χ0n) is 8.90. The fourth-order valence-corrected chi connectivity index (χ4v) is 1.20. The Labute approximate surface area is 88.8 Å². The standard InChI is InChI=1S/C11H15NO3/c1-12(2)11(15)6-4-8-3-5-9(13)10(14)7-8/h3,5,7,13-14H,4,6H2,1-2H3. The van der Waals surface area contributed by atoms with Crippen molar-refractivity contribution in [1.29, 1.82) is 0 Å². The van der Waals surface area contributed by atoms with Gasteiger partial charge in [0.2, 0.25) is 5.91 Å². The van der Waals surface area contributed by atoms with Crippen molar-refractivity contribution in [3.63, 3.8) is 0 Å². The molecular weight excluding hydrogens is 194 g/mol. The monoisotopic (exact) mass is 209 g/mol. The van der Waals surface area contributed by atoms with E-state index in [2.05, 4.69) is 0 Å². The number of carbonyl (C=O) groups is 1. The van der Waals surface area contributed by atoms with Gasteiger partial charge in [0.15, 0.2) is 11.5 Å². The maximum absolute atomic E-state index is 11.3. The molecule has 0 heterocycles. The van der Waals surface area contributed by atoms with Crippen LogP contribution in [0.25, 0.3) is 0 Å². The summed E-state index contributed by atoms with van der Waals surface area (Å²) in [7, 11) is 3.41. The lowest BCUT2D eigenvalue weighted by molar-refractivity contribution is -0.128. The summed E-state index contributed by atoms with van der Waals surface area (Å²) in [5, 5.41) is 18.3. The van der Waals surface area contributed by atoms with Crippen molar-refractivity contribution in [1.82, 2.24) is 4.90 Å². The van der Waals surface area contributed by atoms with E-state index in [9.17, 15) is 9.90 Å². The number of phenolic OH excluding ortho intramolecular Hbond substituents is 2. The van der Waals surface area contributed by atoms with Crippen LogP contribution >= 0.6 is 0 Å². The van der Waals surface area contributed by atoms with Crippen molar-refractivity contribution in [2.75, 3.05) is 14.1 Å². The Kier molecular flexibility index (Phi) is 3.55. The van der Waals surface area contributed by atoms with Gasteiger partial charge in [-0.25, -0.2) is 0 Å². The molecule has 0 aliphatic carbocycles. The minimum absolute atomic E-state index is 0.0440. The summed E-state index contributed by atoms with van der Waals surface area (Å²) in [5.74, 6) is -0.245. The summed E-state index contributed by atoms with van der Waals surface area (Å²) in [6, 6.07) is 4.58. The molecule has 0 spiro atoms. The molecule has 15 heavy (non-hydrogen) atoms. The number of benzene rings is 1. The first-order chi connectivity index (χ1) is 7.00. The zero-order valence-corrected chi connectivity index (χ0v) is 8.90. The number of hydrogen-bond donors (Lipinski definition) is 2. The third-order valence-electron chi connectivity index (χ3n) is 2.17. The van der Waals surface area contributed by atoms with Gasteiger partial charge in [0.25, 0.3) is 0 Å². The van der Waals surface area contributed by atoms with E-state index in [1.54, 1.807) is 20.2 Å². The molecule has 0 atom stereocenters. The molecule has 2 N–H and O–H groups in total. The van der Waals surface area contributed by atoms with Gasteiger partial charge < -0.3 is 15.1 Å². The van der Waals surface area contributed by atoms with Crippen LogP contribution in [0.1, 0.15) is 12.0 Å². The SMILES string of the molecule is CN(C)C(=O)CCc1ccc(O)c(O)c1. The molecule has 1 aromatic carbocycles. The number of aromatic hydroxyl groups is 2. The van der Waals surface area contributed by atoms with Gasteiger partial charge in [-0.2, -0.15) is 0 Å². The van der Waals surface area contributed by atoms with Crippen molar-refractivity contribution in [2.45, 2.75) is 12.8 Å². The molecule has 1 amide bonds. The highest BCUT2D eigenvalue weighted by atomic mass is 16.3. The highest BCUT2D eigenvalue weighted by Gasteiger charge is 2.05. The van der Waals surface area contributed by atoms with E-state index in [0.717, 1.165) is 5.56 Å². The maximum atomic E-state index is 11.3. The third-order valence-corrected chi connectivity index (χ3v) is 2.17. The lowest BCUT2D eigenvalue weighted by Crippen LogP contribution is -2.21. The molecule has 0 aliphatic heterocycles. The first kappa shape index (κ1) is 11.4. The van der Waals surface area contributed by atoms with E-state index in [-0.39, 0.29) is 17.4 Å². The largest absolute Gasteiger partial charge is 0.504 e. The van der Waals surface area contributed by atoms with E-state index < -0.39 is 0 Å². The molecule has 0 radical (unpaired) electrons. The minimum Gasteiger partial charge on any atom is -0.504 e. The lowest BCUT2D eigenvalue weighted by atomic mass is 10.1. The predicted octanol–water partition coefficient (Wildman–Crippen LogP) is 1.12. The molecule has 0 saturated heterocycles. The van der Waals surface area contributed by atoms with Gasteiger partial charge in [-0.3, -0.25) is 4.79 Å². The van der Waals surface area contributed by atoms with Crippen molar-refractivity contribution in [3.05, 3.63) is 23.8 Å². The topological polar surface area (TPSA) is 60.8 Å². The number of nitrogens with zero attached hydrogens (tertiary/aromatic N) is 1. The van der Waals surface area contributed by atoms with Crippen LogP contribution in [0.2, 0.25) is 0 Å². The average molecular weight is 209 g/mol. The van der Waals surface area contributed by atoms with Gasteiger partial charge in [0, 0.05) is 20.5 Å². The summed E-state index contributed by atoms with van der Waals surface area (Å²) < 4.78 is 0. The molecule has 0 fully saturated rings. The fraction of sp³-hybridized carbons (Fsp3) is 0.364. The van der Waals surface area contributed by atoms with Gasteiger partial charge in [0.05, 0.1) is 0 Å². The van der Waals surface area contributed by atoms with Crippen molar-refractivity contribution >= 4 is 5.91 Å². The Hall–Kier alpha value is -1.71. The van der Waals surface area contributed by atoms with Gasteiger partial charge in [0.1, 0.15) is 0 Å². The summed E-state index contributed by atoms with van der Waals surface area (Å²) in [5.41, 5.74) is 0.834. The van der Waals surface area contributed by atoms with E-state index >= 15 is 0 Å². The Balaban J connectivity index is 2.58. The third kappa shape index (κ3) is 3.16. The second kappa shape index (κ2) is 4.68. The Morgan fingerprint density at radius 1 is 1.27 bits per heavy atom. The summed E-state index contributed by atoms with van der Waals surface area (Å²) in [6.45, 7) is 0. The number of rotatable bonds is 3. The van der Waals surface area contributed by atoms with Crippen molar-refractivity contribution < 1.29 is 15.0 Å². The quantitative estimate of drug-likeness (QED) is 0.733. The molecule has 82 valence electrons. The molecule has 1 rings (SSSR count). The predicted molar refractivity (Wildman–Crippen MR) is 56.8 cm³/mol. The molecule has 0 aliphatic rings. The van der Waals surface area contributed by atoms with Crippen LogP contribution in [0.4, 0.5) is 0 Å². The van der Waals surface area contributed by atoms with E-state index in [0.29, 0.717) is 12.8 Å². The Bertz CT molecular complexity index is 361. The van der Waals surface area contributed by atoms with Gasteiger partial charge in [-0.05, 0) is 24.1 Å². The number of hydrogen-bond acceptors (Lipinski definition) is 3. The Morgan fingerprint density at radius 3 is 2.47 bits per heavy atom. The summed E-state index contributed by atoms with van der Waals surface area (Å²) >= 11 is 0. The zero-order chi connectivity index (χ0) is 11.4. The second-order valence-corrected chi connectivity index (χ2v) is 3.61. The van der Waals surface area contributed by atoms with Crippen molar-refractivity contribution in [3.8, 4) is 11.5 Å². The molecule has 0 aromatic heterocycles. The fourth-order valence-electron chi connectivity index (χ4n) is 1.20. The molecular formula is C11H15NO3. The number of carbonyl (C=O) groups excluding carboxylic acids is 1. The molecule has 4 nitrogen and oxygen atoms in total. The summed E-state index contributed by atoms with van der Waals surface area (Å²) in [6.07, 6.45) is 0.960. The first-order valence-corrected chi connectivity index (χ1v) is 4.71. The number of phenols is 2. The van der Waals surface area contributed by atoms with Crippen LogP contribution in [0.5, 0.6) is 11.5 Å². The highest BCUT2D eigenvalue weighted by molar-refractivity contribution is 5.75. The molecule has 4 heteroatoms. The van der Waals surface area contributed by atoms with Gasteiger partial charge in [-0.15, -0.1) is 0 Å². The maximum Gasteiger partial charge on any atom is 0.222 e.